The fourth-order valence-electron chi connectivity index (χ4n) is 12.2. The lowest BCUT2D eigenvalue weighted by atomic mass is 9.67. The highest BCUT2D eigenvalue weighted by atomic mass is 16.5. The number of para-hydroxylation sites is 1. The molecule has 80 heavy (non-hydrogen) atoms. The van der Waals surface area contributed by atoms with Crippen molar-refractivity contribution in [2.45, 2.75) is 5.41 Å². The lowest BCUT2D eigenvalue weighted by Gasteiger charge is -2.35. The van der Waals surface area contributed by atoms with Gasteiger partial charge in [-0.15, -0.1) is 0 Å². The first-order chi connectivity index (χ1) is 39.5. The van der Waals surface area contributed by atoms with Crippen molar-refractivity contribution in [1.82, 2.24) is 4.57 Å². The molecular weight excluding hydrogens is 969 g/mol. The summed E-state index contributed by atoms with van der Waals surface area (Å²) in [5.74, 6) is 1.57. The van der Waals surface area contributed by atoms with Gasteiger partial charge in [0.15, 0.2) is 0 Å². The first-order valence-corrected chi connectivity index (χ1v) is 27.3. The van der Waals surface area contributed by atoms with Gasteiger partial charge < -0.3 is 14.2 Å². The molecule has 0 bridgehead atoms. The molecule has 1 aromatic heterocycles. The minimum atomic E-state index is -0.548. The summed E-state index contributed by atoms with van der Waals surface area (Å²) in [6.07, 6.45) is 3.73. The van der Waals surface area contributed by atoms with E-state index in [4.69, 9.17) is 4.74 Å². The van der Waals surface area contributed by atoms with Crippen LogP contribution < -0.4 is 9.64 Å². The average Bonchev–Trinajstić information content (AvgIpc) is 4.23. The number of benzene rings is 12. The largest absolute Gasteiger partial charge is 0.457 e. The second kappa shape index (κ2) is 20.1. The standard InChI is InChI=1S/C77H54N2O/c1-3-53-24-28-57(29-25-53)59-36-48-75-71(50-59)72-51-60(37-49-76(72)79(75)63-20-12-7-13-21-63)58-32-40-65(41-33-58)78(64-38-30-55(31-39-64)56-34-45-68(46-35-56)80-67-43-26-54(4-2)27-44-67)66-42-47-70-69-22-14-15-23-73(69)77(74(70)52-66,61-16-8-5-9-17-61)62-18-10-6-11-19-62/h3-52H,1-2H2. The third-order valence-electron chi connectivity index (χ3n) is 16.1. The summed E-state index contributed by atoms with van der Waals surface area (Å²) in [7, 11) is 0. The van der Waals surface area contributed by atoms with Crippen LogP contribution in [0.25, 0.3) is 84.2 Å². The van der Waals surface area contributed by atoms with E-state index in [0.29, 0.717) is 0 Å². The van der Waals surface area contributed by atoms with Crippen LogP contribution in [0.5, 0.6) is 11.5 Å². The van der Waals surface area contributed by atoms with Crippen molar-refractivity contribution >= 4 is 51.0 Å². The lowest BCUT2D eigenvalue weighted by Crippen LogP contribution is -2.28. The molecule has 0 saturated carbocycles. The lowest BCUT2D eigenvalue weighted by molar-refractivity contribution is 0.483. The first kappa shape index (κ1) is 47.9. The van der Waals surface area contributed by atoms with Gasteiger partial charge in [0.2, 0.25) is 0 Å². The zero-order valence-corrected chi connectivity index (χ0v) is 44.1. The van der Waals surface area contributed by atoms with Crippen molar-refractivity contribution in [3.05, 3.63) is 338 Å². The molecule has 1 aliphatic rings. The van der Waals surface area contributed by atoms with Gasteiger partial charge in [0.05, 0.1) is 16.4 Å². The molecule has 0 radical (unpaired) electrons. The van der Waals surface area contributed by atoms with E-state index < -0.39 is 5.41 Å². The maximum Gasteiger partial charge on any atom is 0.127 e. The molecule has 3 heteroatoms. The molecule has 0 atom stereocenters. The van der Waals surface area contributed by atoms with Gasteiger partial charge in [-0.1, -0.05) is 219 Å². The Kier molecular flexibility index (Phi) is 12.1. The zero-order chi connectivity index (χ0) is 53.6. The van der Waals surface area contributed by atoms with Crippen molar-refractivity contribution in [3.8, 4) is 61.7 Å². The predicted molar refractivity (Wildman–Crippen MR) is 336 cm³/mol. The summed E-state index contributed by atoms with van der Waals surface area (Å²) >= 11 is 0. The first-order valence-electron chi connectivity index (χ1n) is 27.3. The van der Waals surface area contributed by atoms with E-state index in [1.165, 1.54) is 66.3 Å². The van der Waals surface area contributed by atoms with Gasteiger partial charge in [-0.2, -0.15) is 0 Å². The fraction of sp³-hybridized carbons (Fsp3) is 0.0130. The Morgan fingerprint density at radius 3 is 1.26 bits per heavy atom. The number of ether oxygens (including phenoxy) is 1. The van der Waals surface area contributed by atoms with Gasteiger partial charge in [-0.05, 0) is 175 Å². The molecule has 1 aliphatic carbocycles. The highest BCUT2D eigenvalue weighted by molar-refractivity contribution is 6.11. The van der Waals surface area contributed by atoms with Gasteiger partial charge in [0.1, 0.15) is 11.5 Å². The Balaban J connectivity index is 0.882. The highest BCUT2D eigenvalue weighted by Gasteiger charge is 2.46. The third-order valence-corrected chi connectivity index (χ3v) is 16.1. The van der Waals surface area contributed by atoms with Crippen LogP contribution in [0, 0.1) is 0 Å². The van der Waals surface area contributed by atoms with Crippen LogP contribution in [0.3, 0.4) is 0 Å². The normalized spacial score (nSPS) is 12.2. The molecule has 0 amide bonds. The van der Waals surface area contributed by atoms with E-state index in [9.17, 15) is 0 Å². The second-order valence-electron chi connectivity index (χ2n) is 20.5. The van der Waals surface area contributed by atoms with E-state index in [0.717, 1.165) is 67.6 Å². The number of aromatic nitrogens is 1. The average molecular weight is 1020 g/mol. The van der Waals surface area contributed by atoms with E-state index >= 15 is 0 Å². The second-order valence-corrected chi connectivity index (χ2v) is 20.5. The van der Waals surface area contributed by atoms with Crippen molar-refractivity contribution in [2.24, 2.45) is 0 Å². The summed E-state index contributed by atoms with van der Waals surface area (Å²) in [5.41, 5.74) is 22.6. The molecule has 0 saturated heterocycles. The number of hydrogen-bond acceptors (Lipinski definition) is 2. The Labute approximate surface area is 467 Å². The Hall–Kier alpha value is -10.5. The molecule has 378 valence electrons. The maximum absolute atomic E-state index is 6.21. The van der Waals surface area contributed by atoms with Crippen LogP contribution in [0.15, 0.2) is 304 Å². The molecule has 12 aromatic carbocycles. The number of anilines is 3. The summed E-state index contributed by atoms with van der Waals surface area (Å²) < 4.78 is 8.60. The van der Waals surface area contributed by atoms with Crippen molar-refractivity contribution in [1.29, 1.82) is 0 Å². The molecule has 1 heterocycles. The zero-order valence-electron chi connectivity index (χ0n) is 44.1. The third kappa shape index (κ3) is 8.32. The van der Waals surface area contributed by atoms with Crippen LogP contribution in [-0.2, 0) is 5.41 Å². The Bertz CT molecular complexity index is 4370. The molecule has 14 rings (SSSR count). The molecule has 0 aliphatic heterocycles. The summed E-state index contributed by atoms with van der Waals surface area (Å²) in [5, 5.41) is 2.42. The summed E-state index contributed by atoms with van der Waals surface area (Å²) in [6.45, 7) is 7.85. The van der Waals surface area contributed by atoms with Crippen LogP contribution >= 0.6 is 0 Å². The minimum absolute atomic E-state index is 0.548. The molecule has 0 spiro atoms. The monoisotopic (exact) mass is 1020 g/mol. The number of rotatable bonds is 13. The van der Waals surface area contributed by atoms with Gasteiger partial charge in [-0.3, -0.25) is 0 Å². The number of nitrogens with zero attached hydrogens (tertiary/aromatic N) is 2. The van der Waals surface area contributed by atoms with Crippen LogP contribution in [0.1, 0.15) is 33.4 Å². The predicted octanol–water partition coefficient (Wildman–Crippen LogP) is 20.7. The van der Waals surface area contributed by atoms with Crippen molar-refractivity contribution in [2.75, 3.05) is 4.90 Å². The SMILES string of the molecule is C=Cc1ccc(Oc2ccc(-c3ccc(N(c4ccc(-c5ccc6c(c5)c5cc(-c7ccc(C=C)cc7)ccc5n6-c5ccccc5)cc4)c4ccc5c(c4)C(c4ccccc4)(c4ccccc4)c4ccccc4-5)cc3)cc2)cc1. The van der Waals surface area contributed by atoms with E-state index in [2.05, 4.69) is 277 Å². The van der Waals surface area contributed by atoms with Crippen molar-refractivity contribution in [3.63, 3.8) is 0 Å². The van der Waals surface area contributed by atoms with Crippen LogP contribution in [0.2, 0.25) is 0 Å². The molecule has 0 N–H and O–H groups in total. The van der Waals surface area contributed by atoms with Crippen LogP contribution in [-0.4, -0.2) is 4.57 Å². The quantitative estimate of drug-likeness (QED) is 0.115. The van der Waals surface area contributed by atoms with Gasteiger partial charge in [0.25, 0.3) is 0 Å². The molecular formula is C77H54N2O. The minimum Gasteiger partial charge on any atom is -0.457 e. The van der Waals surface area contributed by atoms with Gasteiger partial charge in [0, 0.05) is 33.5 Å². The number of fused-ring (bicyclic) bond motifs is 6. The van der Waals surface area contributed by atoms with E-state index in [1.807, 2.05) is 48.6 Å². The Morgan fingerprint density at radius 1 is 0.338 bits per heavy atom. The Morgan fingerprint density at radius 2 is 0.738 bits per heavy atom. The highest BCUT2D eigenvalue weighted by Crippen LogP contribution is 2.57. The van der Waals surface area contributed by atoms with E-state index in [-0.39, 0.29) is 0 Å². The smallest absolute Gasteiger partial charge is 0.127 e. The van der Waals surface area contributed by atoms with Gasteiger partial charge in [-0.25, -0.2) is 0 Å². The maximum atomic E-state index is 6.21. The number of hydrogen-bond donors (Lipinski definition) is 0. The molecule has 13 aromatic rings. The summed E-state index contributed by atoms with van der Waals surface area (Å²) in [4.78, 5) is 2.41. The van der Waals surface area contributed by atoms with Crippen LogP contribution in [0.4, 0.5) is 17.1 Å². The van der Waals surface area contributed by atoms with Gasteiger partial charge >= 0.3 is 0 Å². The van der Waals surface area contributed by atoms with Crippen molar-refractivity contribution < 1.29 is 4.74 Å². The summed E-state index contributed by atoms with van der Waals surface area (Å²) in [6, 6.07) is 106. The molecule has 0 unspecified atom stereocenters. The van der Waals surface area contributed by atoms with E-state index in [1.54, 1.807) is 0 Å². The molecule has 0 fully saturated rings. The fourth-order valence-corrected chi connectivity index (χ4v) is 12.2. The molecule has 3 nitrogen and oxygen atoms in total. The topological polar surface area (TPSA) is 17.4 Å².